The number of nitrogens with zero attached hydrogens (tertiary/aromatic N) is 2. The van der Waals surface area contributed by atoms with Crippen molar-refractivity contribution < 1.29 is 23.5 Å². The first-order valence-electron chi connectivity index (χ1n) is 12.9. The fraction of sp³-hybridized carbons (Fsp3) is 0.300. The highest BCUT2D eigenvalue weighted by atomic mass is 35.5. The number of carbonyl (C=O) groups is 2. The summed E-state index contributed by atoms with van der Waals surface area (Å²) in [5.74, 6) is 0.137. The summed E-state index contributed by atoms with van der Waals surface area (Å²) in [5, 5.41) is 7.56. The number of halogens is 2. The van der Waals surface area contributed by atoms with Crippen molar-refractivity contribution in [3.05, 3.63) is 88.2 Å². The van der Waals surface area contributed by atoms with E-state index in [4.69, 9.17) is 21.1 Å². The zero-order valence-corrected chi connectivity index (χ0v) is 23.4. The van der Waals surface area contributed by atoms with E-state index in [0.29, 0.717) is 52.9 Å². The van der Waals surface area contributed by atoms with Gasteiger partial charge in [0, 0.05) is 28.7 Å². The molecule has 0 aliphatic carbocycles. The van der Waals surface area contributed by atoms with Crippen molar-refractivity contribution in [2.45, 2.75) is 26.3 Å². The Morgan fingerprint density at radius 2 is 1.65 bits per heavy atom. The lowest BCUT2D eigenvalue weighted by Crippen LogP contribution is -2.39. The minimum absolute atomic E-state index is 0.113. The van der Waals surface area contributed by atoms with Gasteiger partial charge < -0.3 is 14.8 Å². The van der Waals surface area contributed by atoms with Crippen molar-refractivity contribution in [1.82, 2.24) is 10.3 Å². The van der Waals surface area contributed by atoms with Gasteiger partial charge in [-0.2, -0.15) is 5.10 Å². The molecule has 0 aromatic heterocycles. The Bertz CT molecular complexity index is 1390. The molecular weight excluding hydrogens is 535 g/mol. The number of rotatable bonds is 9. The second kappa shape index (κ2) is 13.4. The first kappa shape index (κ1) is 29.0. The Balaban J connectivity index is 1.26. The maximum absolute atomic E-state index is 13.3. The third-order valence-electron chi connectivity index (χ3n) is 6.91. The standard InChI is InChI=1S/C30H32ClFN4O4/c1-19(20-5-9-25(10-6-20)33-29(37)22-7-11-27(39-2)28(16-22)40-3)34-35-30(38)21-12-14-36(15-13-21)18-23-4-8-24(32)17-26(23)31/h4-11,16-17,21H,12-15,18H2,1-3H3,(H,33,37)(H,35,38)/b34-19+. The minimum Gasteiger partial charge on any atom is -0.493 e. The van der Waals surface area contributed by atoms with Gasteiger partial charge in [0.1, 0.15) is 5.82 Å². The molecule has 0 spiro atoms. The topological polar surface area (TPSA) is 92.3 Å². The highest BCUT2D eigenvalue weighted by Gasteiger charge is 2.25. The van der Waals surface area contributed by atoms with Crippen LogP contribution in [0.2, 0.25) is 5.02 Å². The molecule has 2 amide bonds. The van der Waals surface area contributed by atoms with Gasteiger partial charge in [-0.1, -0.05) is 29.8 Å². The maximum atomic E-state index is 13.3. The van der Waals surface area contributed by atoms with Gasteiger partial charge in [0.25, 0.3) is 5.91 Å². The molecule has 40 heavy (non-hydrogen) atoms. The van der Waals surface area contributed by atoms with E-state index in [1.807, 2.05) is 19.1 Å². The summed E-state index contributed by atoms with van der Waals surface area (Å²) >= 11 is 6.15. The normalized spacial score (nSPS) is 14.5. The highest BCUT2D eigenvalue weighted by molar-refractivity contribution is 6.31. The van der Waals surface area contributed by atoms with Crippen LogP contribution in [-0.2, 0) is 11.3 Å². The Morgan fingerprint density at radius 3 is 2.30 bits per heavy atom. The lowest BCUT2D eigenvalue weighted by Gasteiger charge is -2.31. The number of piperidine rings is 1. The molecular formula is C30H32ClFN4O4. The van der Waals surface area contributed by atoms with Gasteiger partial charge in [-0.25, -0.2) is 9.82 Å². The molecule has 210 valence electrons. The smallest absolute Gasteiger partial charge is 0.255 e. The van der Waals surface area contributed by atoms with Crippen LogP contribution in [0.25, 0.3) is 0 Å². The van der Waals surface area contributed by atoms with E-state index in [0.717, 1.165) is 24.2 Å². The molecule has 3 aromatic rings. The number of anilines is 1. The second-order valence-electron chi connectivity index (χ2n) is 9.56. The summed E-state index contributed by atoms with van der Waals surface area (Å²) in [6, 6.07) is 16.6. The van der Waals surface area contributed by atoms with Crippen LogP contribution in [0.5, 0.6) is 11.5 Å². The monoisotopic (exact) mass is 566 g/mol. The number of benzene rings is 3. The van der Waals surface area contributed by atoms with Crippen LogP contribution in [0.3, 0.4) is 0 Å². The van der Waals surface area contributed by atoms with Gasteiger partial charge in [-0.05, 0) is 86.4 Å². The predicted molar refractivity (Wildman–Crippen MR) is 154 cm³/mol. The highest BCUT2D eigenvalue weighted by Crippen LogP contribution is 2.28. The molecule has 10 heteroatoms. The third kappa shape index (κ3) is 7.37. The molecule has 1 fully saturated rings. The summed E-state index contributed by atoms with van der Waals surface area (Å²) in [5.41, 5.74) is 6.09. The number of methoxy groups -OCH3 is 2. The van der Waals surface area contributed by atoms with Crippen LogP contribution in [-0.4, -0.2) is 49.7 Å². The molecule has 4 rings (SSSR count). The number of hydrogen-bond donors (Lipinski definition) is 2. The summed E-state index contributed by atoms with van der Waals surface area (Å²) in [4.78, 5) is 27.6. The number of amides is 2. The molecule has 1 saturated heterocycles. The number of likely N-dealkylation sites (tertiary alicyclic amines) is 1. The first-order chi connectivity index (χ1) is 19.3. The summed E-state index contributed by atoms with van der Waals surface area (Å²) in [6.45, 7) is 3.91. The molecule has 2 N–H and O–H groups in total. The van der Waals surface area contributed by atoms with Crippen LogP contribution in [0.4, 0.5) is 10.1 Å². The van der Waals surface area contributed by atoms with E-state index in [1.165, 1.54) is 26.4 Å². The van der Waals surface area contributed by atoms with Crippen LogP contribution in [0, 0.1) is 11.7 Å². The zero-order valence-electron chi connectivity index (χ0n) is 22.7. The summed E-state index contributed by atoms with van der Waals surface area (Å²) in [7, 11) is 3.05. The van der Waals surface area contributed by atoms with E-state index >= 15 is 0 Å². The predicted octanol–water partition coefficient (Wildman–Crippen LogP) is 5.50. The second-order valence-corrected chi connectivity index (χ2v) is 9.97. The molecule has 1 heterocycles. The molecule has 0 unspecified atom stereocenters. The van der Waals surface area contributed by atoms with E-state index < -0.39 is 0 Å². The third-order valence-corrected chi connectivity index (χ3v) is 7.26. The Labute approximate surface area is 238 Å². The van der Waals surface area contributed by atoms with Crippen LogP contribution in [0.15, 0.2) is 65.8 Å². The first-order valence-corrected chi connectivity index (χ1v) is 13.3. The lowest BCUT2D eigenvalue weighted by atomic mass is 9.96. The largest absolute Gasteiger partial charge is 0.493 e. The van der Waals surface area contributed by atoms with Gasteiger partial charge in [-0.3, -0.25) is 14.5 Å². The fourth-order valence-corrected chi connectivity index (χ4v) is 4.74. The number of hydrogen-bond acceptors (Lipinski definition) is 6. The minimum atomic E-state index is -0.353. The zero-order chi connectivity index (χ0) is 28.6. The van der Waals surface area contributed by atoms with Gasteiger partial charge in [0.2, 0.25) is 5.91 Å². The van der Waals surface area contributed by atoms with Crippen LogP contribution >= 0.6 is 11.6 Å². The number of nitrogens with one attached hydrogen (secondary N) is 2. The molecule has 0 bridgehead atoms. The van der Waals surface area contributed by atoms with Crippen LogP contribution < -0.4 is 20.2 Å². The molecule has 1 aliphatic rings. The summed E-state index contributed by atoms with van der Waals surface area (Å²) < 4.78 is 23.8. The van der Waals surface area contributed by atoms with Crippen molar-refractivity contribution in [3.63, 3.8) is 0 Å². The molecule has 3 aromatic carbocycles. The van der Waals surface area contributed by atoms with Crippen LogP contribution in [0.1, 0.15) is 41.3 Å². The van der Waals surface area contributed by atoms with Gasteiger partial charge in [0.05, 0.1) is 19.9 Å². The van der Waals surface area contributed by atoms with Crippen molar-refractivity contribution >= 4 is 34.8 Å². The average molecular weight is 567 g/mol. The van der Waals surface area contributed by atoms with E-state index in [2.05, 4.69) is 20.7 Å². The Morgan fingerprint density at radius 1 is 0.975 bits per heavy atom. The van der Waals surface area contributed by atoms with E-state index in [9.17, 15) is 14.0 Å². The molecule has 1 aliphatic heterocycles. The molecule has 0 atom stereocenters. The average Bonchev–Trinajstić information content (AvgIpc) is 2.97. The Kier molecular flexibility index (Phi) is 9.74. The molecule has 8 nitrogen and oxygen atoms in total. The van der Waals surface area contributed by atoms with E-state index in [-0.39, 0.29) is 23.5 Å². The summed E-state index contributed by atoms with van der Waals surface area (Å²) in [6.07, 6.45) is 1.40. The maximum Gasteiger partial charge on any atom is 0.255 e. The van der Waals surface area contributed by atoms with Crippen molar-refractivity contribution in [3.8, 4) is 11.5 Å². The quantitative estimate of drug-likeness (QED) is 0.263. The van der Waals surface area contributed by atoms with Crippen molar-refractivity contribution in [1.29, 1.82) is 0 Å². The molecule has 0 saturated carbocycles. The SMILES string of the molecule is COc1ccc(C(=O)Nc2ccc(/C(C)=N/NC(=O)C3CCN(Cc4ccc(F)cc4Cl)CC3)cc2)cc1OC. The van der Waals surface area contributed by atoms with Crippen molar-refractivity contribution in [2.75, 3.05) is 32.6 Å². The van der Waals surface area contributed by atoms with Gasteiger partial charge in [-0.15, -0.1) is 0 Å². The number of hydrazone groups is 1. The molecule has 0 radical (unpaired) electrons. The number of ether oxygens (including phenoxy) is 2. The Hall–Kier alpha value is -3.95. The number of carbonyl (C=O) groups excluding carboxylic acids is 2. The fourth-order valence-electron chi connectivity index (χ4n) is 4.51. The van der Waals surface area contributed by atoms with Gasteiger partial charge >= 0.3 is 0 Å². The lowest BCUT2D eigenvalue weighted by molar-refractivity contribution is -0.126. The van der Waals surface area contributed by atoms with E-state index in [1.54, 1.807) is 36.4 Å². The van der Waals surface area contributed by atoms with Gasteiger partial charge in [0.15, 0.2) is 11.5 Å². The van der Waals surface area contributed by atoms with Crippen molar-refractivity contribution in [2.24, 2.45) is 11.0 Å².